The molecule has 0 N–H and O–H groups in total. The van der Waals surface area contributed by atoms with Crippen molar-refractivity contribution < 1.29 is 8.85 Å². The van der Waals surface area contributed by atoms with Crippen LogP contribution in [-0.4, -0.2) is 21.8 Å². The molecule has 13 heavy (non-hydrogen) atoms. The first-order valence-corrected chi connectivity index (χ1v) is 7.90. The van der Waals surface area contributed by atoms with E-state index in [1.807, 2.05) is 0 Å². The van der Waals surface area contributed by atoms with Crippen LogP contribution in [0.1, 0.15) is 39.5 Å². The number of hydrogen-bond acceptors (Lipinski definition) is 2. The molecule has 0 bridgehead atoms. The van der Waals surface area contributed by atoms with E-state index in [1.54, 1.807) is 0 Å². The average Bonchev–Trinajstić information content (AvgIpc) is 1.98. The lowest BCUT2D eigenvalue weighted by Gasteiger charge is -2.39. The molecule has 0 aromatic carbocycles. The summed E-state index contributed by atoms with van der Waals surface area (Å²) in [5.41, 5.74) is 0.763. The molecule has 3 heteroatoms. The van der Waals surface area contributed by atoms with Crippen molar-refractivity contribution >= 4 is 8.56 Å². The lowest BCUT2D eigenvalue weighted by molar-refractivity contribution is 0.157. The summed E-state index contributed by atoms with van der Waals surface area (Å²) in [6.45, 7) is 8.14. The lowest BCUT2D eigenvalue weighted by atomic mass is 10.00. The first kappa shape index (κ1) is 11.2. The molecule has 1 saturated carbocycles. The Morgan fingerprint density at radius 2 is 1.92 bits per heavy atom. The molecule has 0 spiro atoms. The highest BCUT2D eigenvalue weighted by atomic mass is 28.4. The van der Waals surface area contributed by atoms with Gasteiger partial charge < -0.3 is 8.85 Å². The van der Waals surface area contributed by atoms with Gasteiger partial charge in [0.05, 0.1) is 0 Å². The van der Waals surface area contributed by atoms with Crippen molar-refractivity contribution in [2.24, 2.45) is 0 Å². The molecule has 0 aliphatic heterocycles. The molecule has 0 amide bonds. The number of hydrogen-bond donors (Lipinski definition) is 0. The monoisotopic (exact) mass is 202 g/mol. The summed E-state index contributed by atoms with van der Waals surface area (Å²) >= 11 is 0. The van der Waals surface area contributed by atoms with Gasteiger partial charge in [0.25, 0.3) is 0 Å². The second kappa shape index (κ2) is 5.13. The summed E-state index contributed by atoms with van der Waals surface area (Å²) < 4.78 is 11.8. The molecular weight excluding hydrogens is 180 g/mol. The fourth-order valence-electron chi connectivity index (χ4n) is 1.80. The quantitative estimate of drug-likeness (QED) is 0.616. The second-order valence-electron chi connectivity index (χ2n) is 3.93. The fraction of sp³-hybridized carbons (Fsp3) is 1.00. The highest BCUT2D eigenvalue weighted by molar-refractivity contribution is 6.67. The van der Waals surface area contributed by atoms with Gasteiger partial charge in [-0.1, -0.05) is 13.3 Å². The summed E-state index contributed by atoms with van der Waals surface area (Å²) in [6.07, 6.45) is 5.12. The average molecular weight is 202 g/mol. The molecule has 0 radical (unpaired) electrons. The molecular formula is C10H22O2Si. The van der Waals surface area contributed by atoms with E-state index in [9.17, 15) is 0 Å². The molecule has 2 nitrogen and oxygen atoms in total. The van der Waals surface area contributed by atoms with Crippen molar-refractivity contribution in [1.82, 2.24) is 0 Å². The van der Waals surface area contributed by atoms with Crippen LogP contribution in [0.15, 0.2) is 0 Å². The van der Waals surface area contributed by atoms with Gasteiger partial charge in [-0.2, -0.15) is 0 Å². The summed E-state index contributed by atoms with van der Waals surface area (Å²) in [6, 6.07) is 0. The number of rotatable bonds is 6. The van der Waals surface area contributed by atoms with Gasteiger partial charge in [-0.15, -0.1) is 0 Å². The first-order chi connectivity index (χ1) is 6.23. The minimum atomic E-state index is -1.79. The van der Waals surface area contributed by atoms with Gasteiger partial charge in [0.15, 0.2) is 0 Å². The second-order valence-corrected chi connectivity index (χ2v) is 7.35. The normalized spacial score (nSPS) is 22.4. The van der Waals surface area contributed by atoms with Crippen LogP contribution in [0.4, 0.5) is 0 Å². The Morgan fingerprint density at radius 1 is 1.23 bits per heavy atom. The predicted octanol–water partition coefficient (Wildman–Crippen LogP) is 3.08. The van der Waals surface area contributed by atoms with E-state index in [2.05, 4.69) is 20.4 Å². The Bertz CT molecular complexity index is 148. The van der Waals surface area contributed by atoms with Crippen molar-refractivity contribution in [1.29, 1.82) is 0 Å². The zero-order valence-corrected chi connectivity index (χ0v) is 10.1. The smallest absolute Gasteiger partial charge is 0.338 e. The predicted molar refractivity (Wildman–Crippen MR) is 57.1 cm³/mol. The van der Waals surface area contributed by atoms with Gasteiger partial charge in [0, 0.05) is 18.8 Å². The minimum Gasteiger partial charge on any atom is -0.394 e. The van der Waals surface area contributed by atoms with E-state index in [4.69, 9.17) is 8.85 Å². The molecule has 78 valence electrons. The van der Waals surface area contributed by atoms with Crippen molar-refractivity contribution in [2.45, 2.75) is 51.6 Å². The molecule has 0 aromatic rings. The van der Waals surface area contributed by atoms with Gasteiger partial charge in [-0.3, -0.25) is 0 Å². The SMILES string of the molecule is CCCO[Si](C)(OCC)C1CCC1. The van der Waals surface area contributed by atoms with Crippen LogP contribution in [-0.2, 0) is 8.85 Å². The van der Waals surface area contributed by atoms with Gasteiger partial charge in [0.1, 0.15) is 0 Å². The van der Waals surface area contributed by atoms with Crippen molar-refractivity contribution in [2.75, 3.05) is 13.2 Å². The van der Waals surface area contributed by atoms with E-state index in [0.29, 0.717) is 0 Å². The van der Waals surface area contributed by atoms with Crippen LogP contribution in [0.25, 0.3) is 0 Å². The Morgan fingerprint density at radius 3 is 2.31 bits per heavy atom. The van der Waals surface area contributed by atoms with Crippen LogP contribution in [0.5, 0.6) is 0 Å². The largest absolute Gasteiger partial charge is 0.394 e. The molecule has 1 aliphatic rings. The highest BCUT2D eigenvalue weighted by Gasteiger charge is 2.43. The third kappa shape index (κ3) is 2.79. The van der Waals surface area contributed by atoms with E-state index < -0.39 is 8.56 Å². The topological polar surface area (TPSA) is 18.5 Å². The van der Waals surface area contributed by atoms with Crippen LogP contribution < -0.4 is 0 Å². The van der Waals surface area contributed by atoms with E-state index in [-0.39, 0.29) is 0 Å². The van der Waals surface area contributed by atoms with Crippen LogP contribution in [0.2, 0.25) is 12.1 Å². The molecule has 1 unspecified atom stereocenters. The summed E-state index contributed by atoms with van der Waals surface area (Å²) in [4.78, 5) is 0. The third-order valence-corrected chi connectivity index (χ3v) is 6.57. The summed E-state index contributed by atoms with van der Waals surface area (Å²) in [5.74, 6) is 0. The van der Waals surface area contributed by atoms with E-state index in [1.165, 1.54) is 19.3 Å². The molecule has 0 aromatic heterocycles. The zero-order valence-electron chi connectivity index (χ0n) is 9.14. The maximum absolute atomic E-state index is 5.94. The summed E-state index contributed by atoms with van der Waals surface area (Å²) in [7, 11) is -1.79. The molecule has 0 saturated heterocycles. The molecule has 1 aliphatic carbocycles. The van der Waals surface area contributed by atoms with Crippen molar-refractivity contribution in [3.63, 3.8) is 0 Å². The standard InChI is InChI=1S/C10H22O2Si/c1-4-9-12-13(3,11-5-2)10-7-6-8-10/h10H,4-9H2,1-3H3. The summed E-state index contributed by atoms with van der Waals surface area (Å²) in [5, 5.41) is 0. The van der Waals surface area contributed by atoms with Crippen molar-refractivity contribution in [3.8, 4) is 0 Å². The Labute approximate surface area is 82.9 Å². The van der Waals surface area contributed by atoms with Gasteiger partial charge >= 0.3 is 8.56 Å². The van der Waals surface area contributed by atoms with E-state index >= 15 is 0 Å². The first-order valence-electron chi connectivity index (χ1n) is 5.50. The minimum absolute atomic E-state index is 0.763. The lowest BCUT2D eigenvalue weighted by Crippen LogP contribution is -2.46. The van der Waals surface area contributed by atoms with Crippen LogP contribution in [0.3, 0.4) is 0 Å². The maximum atomic E-state index is 5.94. The van der Waals surface area contributed by atoms with E-state index in [0.717, 1.165) is 25.2 Å². The third-order valence-electron chi connectivity index (χ3n) is 2.87. The van der Waals surface area contributed by atoms with Gasteiger partial charge in [-0.05, 0) is 32.7 Å². The Hall–Kier alpha value is 0.137. The molecule has 0 heterocycles. The van der Waals surface area contributed by atoms with Crippen LogP contribution in [0, 0.1) is 0 Å². The van der Waals surface area contributed by atoms with Gasteiger partial charge in [-0.25, -0.2) is 0 Å². The van der Waals surface area contributed by atoms with Crippen LogP contribution >= 0.6 is 0 Å². The highest BCUT2D eigenvalue weighted by Crippen LogP contribution is 2.41. The maximum Gasteiger partial charge on any atom is 0.338 e. The van der Waals surface area contributed by atoms with Gasteiger partial charge in [0.2, 0.25) is 0 Å². The zero-order chi connectivity index (χ0) is 9.73. The fourth-order valence-corrected chi connectivity index (χ4v) is 5.00. The molecule has 1 atom stereocenters. The van der Waals surface area contributed by atoms with Crippen molar-refractivity contribution in [3.05, 3.63) is 0 Å². The molecule has 1 rings (SSSR count). The Kier molecular flexibility index (Phi) is 4.42. The molecule has 1 fully saturated rings. The Balaban J connectivity index is 2.40.